The highest BCUT2D eigenvalue weighted by atomic mass is 14.6. The quantitative estimate of drug-likeness (QED) is 0.452. The molecule has 0 amide bonds. The van der Waals surface area contributed by atoms with Crippen molar-refractivity contribution < 1.29 is 0 Å². The van der Waals surface area contributed by atoms with Gasteiger partial charge in [-0.1, -0.05) is 19.1 Å². The smallest absolute Gasteiger partial charge is 0.0114 e. The second-order valence-electron chi connectivity index (χ2n) is 3.57. The van der Waals surface area contributed by atoms with Crippen LogP contribution in [0.2, 0.25) is 0 Å². The molecule has 0 N–H and O–H groups in total. The van der Waals surface area contributed by atoms with Gasteiger partial charge in [0, 0.05) is 0 Å². The van der Waals surface area contributed by atoms with Gasteiger partial charge in [0.05, 0.1) is 0 Å². The first-order valence-corrected chi connectivity index (χ1v) is 3.40. The Hall–Kier alpha value is -0.260. The summed E-state index contributed by atoms with van der Waals surface area (Å²) in [7, 11) is 0. The molecular weight excluding hydrogens is 96.1 g/mol. The normalized spacial score (nSPS) is 39.6. The molecule has 0 heterocycles. The lowest BCUT2D eigenvalue weighted by Crippen LogP contribution is -1.93. The molecule has 0 radical (unpaired) electrons. The molecule has 1 unspecified atom stereocenters. The summed E-state index contributed by atoms with van der Waals surface area (Å²) in [4.78, 5) is 0. The predicted octanol–water partition coefficient (Wildman–Crippen LogP) is 2.36. The highest BCUT2D eigenvalue weighted by molar-refractivity contribution is 5.26. The molecule has 44 valence electrons. The van der Waals surface area contributed by atoms with Gasteiger partial charge in [0.15, 0.2) is 0 Å². The van der Waals surface area contributed by atoms with Gasteiger partial charge in [0.2, 0.25) is 0 Å². The summed E-state index contributed by atoms with van der Waals surface area (Å²) in [5.74, 6) is 0.933. The van der Waals surface area contributed by atoms with Crippen LogP contribution in [-0.4, -0.2) is 0 Å². The van der Waals surface area contributed by atoms with Crippen molar-refractivity contribution in [2.45, 2.75) is 26.2 Å². The fourth-order valence-corrected chi connectivity index (χ4v) is 1.49. The highest BCUT2D eigenvalue weighted by Crippen LogP contribution is 2.62. The van der Waals surface area contributed by atoms with E-state index in [1.165, 1.54) is 24.8 Å². The van der Waals surface area contributed by atoms with Gasteiger partial charge < -0.3 is 0 Å². The maximum absolute atomic E-state index is 3.95. The van der Waals surface area contributed by atoms with Gasteiger partial charge in [-0.2, -0.15) is 0 Å². The van der Waals surface area contributed by atoms with E-state index in [9.17, 15) is 0 Å². The molecular formula is C8H12. The molecule has 2 aliphatic carbocycles. The van der Waals surface area contributed by atoms with Crippen LogP contribution in [0.4, 0.5) is 0 Å². The number of hydrogen-bond acceptors (Lipinski definition) is 0. The molecule has 1 atom stereocenters. The van der Waals surface area contributed by atoms with Crippen LogP contribution in [0.15, 0.2) is 12.2 Å². The Morgan fingerprint density at radius 3 is 2.25 bits per heavy atom. The van der Waals surface area contributed by atoms with Crippen LogP contribution in [0.25, 0.3) is 0 Å². The van der Waals surface area contributed by atoms with Crippen molar-refractivity contribution in [3.63, 3.8) is 0 Å². The second-order valence-corrected chi connectivity index (χ2v) is 3.57. The molecule has 2 aliphatic rings. The molecule has 0 aromatic heterocycles. The van der Waals surface area contributed by atoms with E-state index in [0.29, 0.717) is 0 Å². The average molecular weight is 108 g/mol. The first-order valence-electron chi connectivity index (χ1n) is 3.40. The van der Waals surface area contributed by atoms with Crippen LogP contribution in [0.3, 0.4) is 0 Å². The molecule has 2 rings (SSSR count). The topological polar surface area (TPSA) is 0 Å². The standard InChI is InChI=1S/C8H12/c1-6-5-7(6)8(2)3-4-8/h7H,1,3-5H2,2H3. The Labute approximate surface area is 50.6 Å². The second kappa shape index (κ2) is 1.02. The van der Waals surface area contributed by atoms with Crippen molar-refractivity contribution in [1.82, 2.24) is 0 Å². The fourth-order valence-electron chi connectivity index (χ4n) is 1.49. The summed E-state index contributed by atoms with van der Waals surface area (Å²) in [5, 5.41) is 0. The molecule has 0 bridgehead atoms. The van der Waals surface area contributed by atoms with E-state index >= 15 is 0 Å². The minimum absolute atomic E-state index is 0.733. The zero-order valence-electron chi connectivity index (χ0n) is 5.41. The summed E-state index contributed by atoms with van der Waals surface area (Å²) in [6.07, 6.45) is 4.24. The van der Waals surface area contributed by atoms with E-state index < -0.39 is 0 Å². The zero-order chi connectivity index (χ0) is 5.78. The van der Waals surface area contributed by atoms with E-state index in [2.05, 4.69) is 13.5 Å². The van der Waals surface area contributed by atoms with Gasteiger partial charge in [0.25, 0.3) is 0 Å². The fraction of sp³-hybridized carbons (Fsp3) is 0.750. The van der Waals surface area contributed by atoms with Crippen molar-refractivity contribution in [2.24, 2.45) is 11.3 Å². The minimum Gasteiger partial charge on any atom is -0.0995 e. The lowest BCUT2D eigenvalue weighted by Gasteiger charge is -2.00. The molecule has 0 aromatic rings. The first-order chi connectivity index (χ1) is 3.72. The van der Waals surface area contributed by atoms with Crippen molar-refractivity contribution in [2.75, 3.05) is 0 Å². The van der Waals surface area contributed by atoms with Crippen LogP contribution >= 0.6 is 0 Å². The minimum atomic E-state index is 0.733. The third-order valence-electron chi connectivity index (χ3n) is 2.68. The van der Waals surface area contributed by atoms with E-state index in [0.717, 1.165) is 11.3 Å². The van der Waals surface area contributed by atoms with Crippen LogP contribution in [0, 0.1) is 11.3 Å². The Bertz CT molecular complexity index is 140. The maximum Gasteiger partial charge on any atom is -0.0114 e. The molecule has 0 heteroatoms. The summed E-state index contributed by atoms with van der Waals surface area (Å²) >= 11 is 0. The molecule has 8 heavy (non-hydrogen) atoms. The van der Waals surface area contributed by atoms with Crippen molar-refractivity contribution in [3.05, 3.63) is 12.2 Å². The lowest BCUT2D eigenvalue weighted by atomic mass is 10.0. The van der Waals surface area contributed by atoms with Gasteiger partial charge in [-0.15, -0.1) is 0 Å². The monoisotopic (exact) mass is 108 g/mol. The third kappa shape index (κ3) is 0.460. The van der Waals surface area contributed by atoms with E-state index in [1.807, 2.05) is 0 Å². The molecule has 2 fully saturated rings. The summed E-state index contributed by atoms with van der Waals surface area (Å²) < 4.78 is 0. The third-order valence-corrected chi connectivity index (χ3v) is 2.68. The number of hydrogen-bond donors (Lipinski definition) is 0. The van der Waals surface area contributed by atoms with Crippen LogP contribution in [0.1, 0.15) is 26.2 Å². The Morgan fingerprint density at radius 2 is 2.12 bits per heavy atom. The van der Waals surface area contributed by atoms with Gasteiger partial charge in [-0.3, -0.25) is 0 Å². The number of allylic oxidation sites excluding steroid dienone is 1. The summed E-state index contributed by atoms with van der Waals surface area (Å²) in [6, 6.07) is 0. The van der Waals surface area contributed by atoms with E-state index in [-0.39, 0.29) is 0 Å². The van der Waals surface area contributed by atoms with Crippen LogP contribution < -0.4 is 0 Å². The Balaban J connectivity index is 2.09. The SMILES string of the molecule is C=C1CC1C1(C)CC1. The van der Waals surface area contributed by atoms with E-state index in [1.54, 1.807) is 0 Å². The zero-order valence-corrected chi connectivity index (χ0v) is 5.41. The maximum atomic E-state index is 3.95. The molecule has 0 aromatic carbocycles. The largest absolute Gasteiger partial charge is 0.0995 e. The summed E-state index contributed by atoms with van der Waals surface area (Å²) in [6.45, 7) is 6.34. The van der Waals surface area contributed by atoms with Gasteiger partial charge in [-0.05, 0) is 30.6 Å². The summed E-state index contributed by atoms with van der Waals surface area (Å²) in [5.41, 5.74) is 2.24. The molecule has 0 saturated heterocycles. The molecule has 0 spiro atoms. The van der Waals surface area contributed by atoms with E-state index in [4.69, 9.17) is 0 Å². The van der Waals surface area contributed by atoms with Crippen molar-refractivity contribution >= 4 is 0 Å². The highest BCUT2D eigenvalue weighted by Gasteiger charge is 2.51. The van der Waals surface area contributed by atoms with Gasteiger partial charge in [0.1, 0.15) is 0 Å². The average Bonchev–Trinajstić information content (AvgIpc) is 2.47. The van der Waals surface area contributed by atoms with Gasteiger partial charge in [-0.25, -0.2) is 0 Å². The van der Waals surface area contributed by atoms with Crippen molar-refractivity contribution in [3.8, 4) is 0 Å². The number of rotatable bonds is 1. The molecule has 0 aliphatic heterocycles. The molecule has 0 nitrogen and oxygen atoms in total. The molecule has 2 saturated carbocycles. The van der Waals surface area contributed by atoms with Crippen LogP contribution in [0.5, 0.6) is 0 Å². The van der Waals surface area contributed by atoms with Gasteiger partial charge >= 0.3 is 0 Å². The predicted molar refractivity (Wildman–Crippen MR) is 34.6 cm³/mol. The van der Waals surface area contributed by atoms with Crippen LogP contribution in [-0.2, 0) is 0 Å². The Kier molecular flexibility index (Phi) is 0.588. The first kappa shape index (κ1) is 4.60. The van der Waals surface area contributed by atoms with Crippen molar-refractivity contribution in [1.29, 1.82) is 0 Å². The lowest BCUT2D eigenvalue weighted by molar-refractivity contribution is 0.508. The Morgan fingerprint density at radius 1 is 1.62 bits per heavy atom.